The normalized spacial score (nSPS) is 27.6. The van der Waals surface area contributed by atoms with Crippen LogP contribution in [0, 0.1) is 35.5 Å². The zero-order chi connectivity index (χ0) is 62.4. The molecule has 462 valence electrons. The quantitative estimate of drug-likeness (QED) is 0.0903. The van der Waals surface area contributed by atoms with Gasteiger partial charge in [-0.1, -0.05) is 98.2 Å². The number of benzene rings is 1. The molecule has 5 N–H and O–H groups in total. The maximum Gasteiger partial charge on any atom is 0.329 e. The first-order valence-corrected chi connectivity index (χ1v) is 29.1. The number of esters is 3. The number of likely N-dealkylation sites (N-methyl/N-ethyl adjacent to an activating group) is 2. The monoisotopic (exact) mass is 1170 g/mol. The van der Waals surface area contributed by atoms with E-state index >= 15 is 4.79 Å². The Kier molecular flexibility index (Phi) is 24.4. The second-order valence-electron chi connectivity index (χ2n) is 23.6. The van der Waals surface area contributed by atoms with Crippen LogP contribution in [0.2, 0.25) is 0 Å². The van der Waals surface area contributed by atoms with Gasteiger partial charge in [0.25, 0.3) is 0 Å². The highest BCUT2D eigenvalue weighted by Crippen LogP contribution is 2.28. The van der Waals surface area contributed by atoms with Crippen LogP contribution in [-0.2, 0) is 73.4 Å². The Morgan fingerprint density at radius 2 is 1.55 bits per heavy atom. The first-order chi connectivity index (χ1) is 39.6. The van der Waals surface area contributed by atoms with Gasteiger partial charge in [-0.15, -0.1) is 0 Å². The van der Waals surface area contributed by atoms with Gasteiger partial charge < -0.3 is 60.0 Å². The number of hydrogen-bond donors (Lipinski definition) is 5. The third-order valence-electron chi connectivity index (χ3n) is 15.9. The molecule has 3 heterocycles. The summed E-state index contributed by atoms with van der Waals surface area (Å²) < 4.78 is 22.6. The Bertz CT molecular complexity index is 2690. The van der Waals surface area contributed by atoms with Gasteiger partial charge in [-0.25, -0.2) is 4.79 Å². The van der Waals surface area contributed by atoms with E-state index < -0.39 is 162 Å². The number of nitrogens with one attached hydrogen (secondary N) is 4. The fourth-order valence-electron chi connectivity index (χ4n) is 10.6. The van der Waals surface area contributed by atoms with Crippen LogP contribution < -0.4 is 26.0 Å². The molecule has 1 aromatic rings. The maximum atomic E-state index is 15.0. The van der Waals surface area contributed by atoms with Crippen molar-refractivity contribution in [3.63, 3.8) is 0 Å². The van der Waals surface area contributed by atoms with E-state index in [2.05, 4.69) is 21.3 Å². The van der Waals surface area contributed by atoms with E-state index in [9.17, 15) is 53.1 Å². The average molecular weight is 1170 g/mol. The van der Waals surface area contributed by atoms with Gasteiger partial charge in [0.2, 0.25) is 41.4 Å². The molecule has 84 heavy (non-hydrogen) atoms. The van der Waals surface area contributed by atoms with Crippen LogP contribution in [0.25, 0.3) is 0 Å². The van der Waals surface area contributed by atoms with Crippen molar-refractivity contribution in [3.8, 4) is 5.75 Å². The first-order valence-electron chi connectivity index (χ1n) is 29.1. The van der Waals surface area contributed by atoms with E-state index in [1.807, 2.05) is 13.8 Å². The number of rotatable bonds is 16. The van der Waals surface area contributed by atoms with Crippen LogP contribution in [-0.4, -0.2) is 180 Å². The summed E-state index contributed by atoms with van der Waals surface area (Å²) in [6.45, 7) is 16.1. The number of nitrogens with zero attached hydrogens (tertiary/aromatic N) is 3. The Morgan fingerprint density at radius 1 is 0.869 bits per heavy atom. The number of hydrogen-bond acceptors (Lipinski definition) is 16. The number of methoxy groups -OCH3 is 1. The minimum absolute atomic E-state index is 0.0156. The molecule has 0 bridgehead atoms. The number of amides is 7. The van der Waals surface area contributed by atoms with Crippen molar-refractivity contribution in [2.45, 2.75) is 175 Å². The standard InChI is InChI=1S/C61H87N7O16/c1-14-35(8)50-46(69)30-49(71)84-53(34(6)7)52(72)36(9)54(73)63-42(26-32(2)3)58(77)68-25-17-19-43(68)59(78)67(12)45(28-38-21-23-40(81-13)24-22-38)61(80)82-37(10)51(57(76)64-50)65-56(75)44(27-33(4)5)66(11)48(70)31-62-55(74)41-29-39-18-15-16-20-47(39)83-60(41)79/h15-16,18,20-24,29,32-37,41-47,50-51,53,69H,14,17,19,25-28,30-31H2,1-13H3,(H,62,74)(H,63,73)(H,64,76)(H,65,75)/t35-,36-,37+,41?,42-,43-,44+,45?,46-,47?,50+,51-,53-/m0/s1. The lowest BCUT2D eigenvalue weighted by Crippen LogP contribution is -2.62. The lowest BCUT2D eigenvalue weighted by Gasteiger charge is -2.36. The average Bonchev–Trinajstić information content (AvgIpc) is 4.12. The highest BCUT2D eigenvalue weighted by atomic mass is 16.6. The smallest absolute Gasteiger partial charge is 0.329 e. The largest absolute Gasteiger partial charge is 0.497 e. The number of allylic oxidation sites excluding steroid dienone is 2. The van der Waals surface area contributed by atoms with Crippen LogP contribution in [0.15, 0.2) is 60.2 Å². The SMILES string of the molecule is CC[C@H](C)[C@H]1NC(=O)[C@@H](NC(=O)[C@@H](CC(C)C)N(C)C(=O)CNC(=O)C2C=C3C=CC=CC3OC2=O)[C@@H](C)OC(=O)C(Cc2ccc(OC)cc2)N(C)C(=O)[C@@H]2CCCN2C(=O)[C@H](CC(C)C)NC(=O)[C@@H](C)C(=O)[C@H](C(C)C)OC(=O)C[C@@H]1O. The summed E-state index contributed by atoms with van der Waals surface area (Å²) in [6, 6.07) is -1.43. The molecule has 23 heteroatoms. The molecule has 2 fully saturated rings. The fourth-order valence-corrected chi connectivity index (χ4v) is 10.6. The second kappa shape index (κ2) is 30.4. The summed E-state index contributed by atoms with van der Waals surface area (Å²) in [5.74, 6) is -13.1. The summed E-state index contributed by atoms with van der Waals surface area (Å²) in [7, 11) is 4.19. The number of ether oxygens (including phenoxy) is 4. The van der Waals surface area contributed by atoms with Crippen LogP contribution in [0.1, 0.15) is 113 Å². The molecule has 0 radical (unpaired) electrons. The fraction of sp³-hybridized carbons (Fsp3) is 0.623. The minimum Gasteiger partial charge on any atom is -0.497 e. The number of carbonyl (C=O) groups excluding carboxylic acids is 11. The van der Waals surface area contributed by atoms with Crippen LogP contribution in [0.3, 0.4) is 0 Å². The molecule has 1 aromatic carbocycles. The first kappa shape index (κ1) is 67.4. The van der Waals surface area contributed by atoms with Gasteiger partial charge in [0, 0.05) is 27.1 Å². The van der Waals surface area contributed by atoms with Gasteiger partial charge in [0.05, 0.1) is 38.1 Å². The van der Waals surface area contributed by atoms with Gasteiger partial charge in [0.15, 0.2) is 17.8 Å². The molecule has 0 spiro atoms. The zero-order valence-electron chi connectivity index (χ0n) is 50.7. The minimum atomic E-state index is -1.80. The number of cyclic esters (lactones) is 2. The summed E-state index contributed by atoms with van der Waals surface area (Å²) >= 11 is 0. The molecule has 23 nitrogen and oxygen atoms in total. The molecule has 7 amide bonds. The second-order valence-corrected chi connectivity index (χ2v) is 23.6. The molecule has 2 saturated heterocycles. The van der Waals surface area contributed by atoms with Gasteiger partial charge in [0.1, 0.15) is 48.2 Å². The molecule has 1 aliphatic carbocycles. The molecule has 3 unspecified atom stereocenters. The van der Waals surface area contributed by atoms with Crippen molar-refractivity contribution < 1.29 is 76.8 Å². The zero-order valence-corrected chi connectivity index (χ0v) is 50.7. The summed E-state index contributed by atoms with van der Waals surface area (Å²) in [5.41, 5.74) is 1.14. The molecule has 0 aromatic heterocycles. The lowest BCUT2D eigenvalue weighted by atomic mass is 9.91. The number of fused-ring (bicyclic) bond motifs is 2. The Morgan fingerprint density at radius 3 is 2.17 bits per heavy atom. The number of Topliss-reactive ketones (excluding diaryl/α,β-unsaturated/α-hetero) is 1. The molecule has 0 saturated carbocycles. The molecule has 5 rings (SSSR count). The van der Waals surface area contributed by atoms with Crippen LogP contribution >= 0.6 is 0 Å². The highest BCUT2D eigenvalue weighted by Gasteiger charge is 2.45. The predicted octanol–water partition coefficient (Wildman–Crippen LogP) is 2.65. The molecular weight excluding hydrogens is 1090 g/mol. The third-order valence-corrected chi connectivity index (χ3v) is 15.9. The van der Waals surface area contributed by atoms with E-state index in [4.69, 9.17) is 18.9 Å². The Hall–Kier alpha value is -7.43. The summed E-state index contributed by atoms with van der Waals surface area (Å²) in [4.78, 5) is 160. The van der Waals surface area contributed by atoms with Crippen molar-refractivity contribution in [2.24, 2.45) is 35.5 Å². The molecular formula is C61H87N7O16. The number of aliphatic hydroxyl groups excluding tert-OH is 1. The third kappa shape index (κ3) is 17.3. The summed E-state index contributed by atoms with van der Waals surface area (Å²) in [6.07, 6.45) is 3.00. The number of ketones is 1. The number of aliphatic hydroxyl groups is 1. The van der Waals surface area contributed by atoms with E-state index in [0.29, 0.717) is 29.7 Å². The van der Waals surface area contributed by atoms with Crippen molar-refractivity contribution in [1.29, 1.82) is 0 Å². The van der Waals surface area contributed by atoms with Gasteiger partial charge in [-0.3, -0.25) is 47.9 Å². The predicted molar refractivity (Wildman–Crippen MR) is 307 cm³/mol. The molecule has 3 aliphatic heterocycles. The van der Waals surface area contributed by atoms with Gasteiger partial charge in [-0.05, 0) is 92.5 Å². The van der Waals surface area contributed by atoms with Gasteiger partial charge in [-0.2, -0.15) is 0 Å². The van der Waals surface area contributed by atoms with Crippen molar-refractivity contribution in [3.05, 3.63) is 65.8 Å². The topological polar surface area (TPSA) is 303 Å². The Balaban J connectivity index is 1.56. The Labute approximate surface area is 492 Å². The lowest BCUT2D eigenvalue weighted by molar-refractivity contribution is -0.163. The van der Waals surface area contributed by atoms with Crippen LogP contribution in [0.4, 0.5) is 0 Å². The van der Waals surface area contributed by atoms with Crippen LogP contribution in [0.5, 0.6) is 5.75 Å². The van der Waals surface area contributed by atoms with E-state index in [0.717, 1.165) is 4.90 Å². The van der Waals surface area contributed by atoms with Crippen molar-refractivity contribution in [1.82, 2.24) is 36.0 Å². The number of carbonyl (C=O) groups is 11. The van der Waals surface area contributed by atoms with Crippen molar-refractivity contribution in [2.75, 3.05) is 34.3 Å². The molecule has 4 aliphatic rings. The molecule has 13 atom stereocenters. The highest BCUT2D eigenvalue weighted by molar-refractivity contribution is 6.05. The van der Waals surface area contributed by atoms with E-state index in [-0.39, 0.29) is 44.1 Å². The van der Waals surface area contributed by atoms with E-state index in [1.54, 1.807) is 90.1 Å². The maximum absolute atomic E-state index is 15.0. The summed E-state index contributed by atoms with van der Waals surface area (Å²) in [5, 5.41) is 22.5. The van der Waals surface area contributed by atoms with Gasteiger partial charge >= 0.3 is 17.9 Å². The van der Waals surface area contributed by atoms with Crippen molar-refractivity contribution >= 4 is 65.0 Å². The van der Waals surface area contributed by atoms with E-state index in [1.165, 1.54) is 50.9 Å².